The number of rotatable bonds is 9. The molecule has 0 aliphatic heterocycles. The molecule has 0 saturated carbocycles. The van der Waals surface area contributed by atoms with Crippen LogP contribution >= 0.6 is 11.8 Å². The zero-order valence-corrected chi connectivity index (χ0v) is 17.2. The van der Waals surface area contributed by atoms with Crippen LogP contribution in [0.2, 0.25) is 0 Å². The van der Waals surface area contributed by atoms with Crippen LogP contribution in [0.1, 0.15) is 17.0 Å². The van der Waals surface area contributed by atoms with Gasteiger partial charge in [0.25, 0.3) is 0 Å². The Balaban J connectivity index is 1.22. The van der Waals surface area contributed by atoms with E-state index in [1.807, 2.05) is 48.2 Å². The summed E-state index contributed by atoms with van der Waals surface area (Å²) in [6, 6.07) is 24.5. The number of nitrogens with zero attached hydrogens (tertiary/aromatic N) is 1. The molecule has 4 rings (SSSR count). The van der Waals surface area contributed by atoms with Crippen molar-refractivity contribution in [3.05, 3.63) is 89.7 Å². The van der Waals surface area contributed by atoms with Crippen LogP contribution in [0.15, 0.2) is 72.8 Å². The predicted molar refractivity (Wildman–Crippen MR) is 120 cm³/mol. The Kier molecular flexibility index (Phi) is 6.37. The van der Waals surface area contributed by atoms with Crippen LogP contribution in [0.25, 0.3) is 11.0 Å². The zero-order valence-electron chi connectivity index (χ0n) is 16.4. The first-order valence-electron chi connectivity index (χ1n) is 9.66. The average molecular weight is 405 g/mol. The number of benzene rings is 3. The summed E-state index contributed by atoms with van der Waals surface area (Å²) in [6.45, 7) is 0.597. The van der Waals surface area contributed by atoms with Gasteiger partial charge in [0.2, 0.25) is 0 Å². The van der Waals surface area contributed by atoms with Crippen LogP contribution < -0.4 is 9.47 Å². The zero-order chi connectivity index (χ0) is 19.9. The van der Waals surface area contributed by atoms with E-state index in [0.717, 1.165) is 46.3 Å². The molecule has 0 radical (unpaired) electrons. The lowest BCUT2D eigenvalue weighted by atomic mass is 10.2. The molecule has 0 aliphatic carbocycles. The van der Waals surface area contributed by atoms with Gasteiger partial charge in [-0.3, -0.25) is 0 Å². The summed E-state index contributed by atoms with van der Waals surface area (Å²) in [5, 5.41) is 0. The number of aryl methyl sites for hydroxylation is 1. The van der Waals surface area contributed by atoms with Crippen molar-refractivity contribution in [3.63, 3.8) is 0 Å². The monoisotopic (exact) mass is 404 g/mol. The van der Waals surface area contributed by atoms with Gasteiger partial charge in [-0.2, -0.15) is 11.8 Å². The standard InChI is InChI=1S/C24H24N2O2S/c1-27-21-11-12-22-23(15-21)26-24(25-22)17-29-14-13-18-7-9-20(10-8-18)28-16-19-5-3-2-4-6-19/h2-12,15H,13-14,16-17H2,1H3,(H,25,26). The van der Waals surface area contributed by atoms with E-state index in [0.29, 0.717) is 6.61 Å². The minimum Gasteiger partial charge on any atom is -0.497 e. The van der Waals surface area contributed by atoms with E-state index in [4.69, 9.17) is 9.47 Å². The minimum absolute atomic E-state index is 0.597. The first-order chi connectivity index (χ1) is 14.3. The van der Waals surface area contributed by atoms with Gasteiger partial charge in [-0.05, 0) is 47.6 Å². The van der Waals surface area contributed by atoms with E-state index in [1.165, 1.54) is 11.1 Å². The number of ether oxygens (including phenoxy) is 2. The highest BCUT2D eigenvalue weighted by Crippen LogP contribution is 2.21. The van der Waals surface area contributed by atoms with Gasteiger partial charge in [-0.15, -0.1) is 0 Å². The SMILES string of the molecule is COc1ccc2[nH]c(CSCCc3ccc(OCc4ccccc4)cc3)nc2c1. The number of H-pyrrole nitrogens is 1. The number of aromatic amines is 1. The number of fused-ring (bicyclic) bond motifs is 1. The summed E-state index contributed by atoms with van der Waals surface area (Å²) in [4.78, 5) is 8.03. The van der Waals surface area contributed by atoms with Crippen molar-refractivity contribution >= 4 is 22.8 Å². The molecule has 148 valence electrons. The Morgan fingerprint density at radius 2 is 1.69 bits per heavy atom. The number of hydrogen-bond donors (Lipinski definition) is 1. The van der Waals surface area contributed by atoms with Crippen molar-refractivity contribution in [1.82, 2.24) is 9.97 Å². The number of nitrogens with one attached hydrogen (secondary N) is 1. The van der Waals surface area contributed by atoms with Gasteiger partial charge in [0.05, 0.1) is 23.9 Å². The normalized spacial score (nSPS) is 10.9. The Labute approximate surface area is 175 Å². The van der Waals surface area contributed by atoms with Crippen LogP contribution in [0, 0.1) is 0 Å². The van der Waals surface area contributed by atoms with Crippen molar-refractivity contribution < 1.29 is 9.47 Å². The molecule has 0 atom stereocenters. The Morgan fingerprint density at radius 1 is 0.897 bits per heavy atom. The molecule has 0 fully saturated rings. The molecule has 1 heterocycles. The first-order valence-corrected chi connectivity index (χ1v) is 10.8. The Bertz CT molecular complexity index is 1050. The molecular formula is C24H24N2O2S. The second kappa shape index (κ2) is 9.52. The summed E-state index contributed by atoms with van der Waals surface area (Å²) in [6.07, 6.45) is 1.03. The maximum Gasteiger partial charge on any atom is 0.121 e. The van der Waals surface area contributed by atoms with Gasteiger partial charge in [-0.1, -0.05) is 42.5 Å². The molecule has 4 aromatic rings. The van der Waals surface area contributed by atoms with E-state index in [-0.39, 0.29) is 0 Å². The third-order valence-electron chi connectivity index (χ3n) is 4.68. The molecule has 4 nitrogen and oxygen atoms in total. The molecule has 0 spiro atoms. The lowest BCUT2D eigenvalue weighted by Gasteiger charge is -2.07. The number of thioether (sulfide) groups is 1. The van der Waals surface area contributed by atoms with Gasteiger partial charge in [0.1, 0.15) is 23.9 Å². The fraction of sp³-hybridized carbons (Fsp3) is 0.208. The van der Waals surface area contributed by atoms with Crippen LogP contribution in [0.3, 0.4) is 0 Å². The Hall–Kier alpha value is -2.92. The topological polar surface area (TPSA) is 47.1 Å². The molecule has 5 heteroatoms. The lowest BCUT2D eigenvalue weighted by Crippen LogP contribution is -1.95. The minimum atomic E-state index is 0.597. The molecular weight excluding hydrogens is 380 g/mol. The highest BCUT2D eigenvalue weighted by atomic mass is 32.2. The third-order valence-corrected chi connectivity index (χ3v) is 5.66. The van der Waals surface area contributed by atoms with Crippen molar-refractivity contribution in [2.24, 2.45) is 0 Å². The first kappa shape index (κ1) is 19.4. The fourth-order valence-corrected chi connectivity index (χ4v) is 3.94. The van der Waals surface area contributed by atoms with Crippen LogP contribution in [0.4, 0.5) is 0 Å². The second-order valence-electron chi connectivity index (χ2n) is 6.79. The van der Waals surface area contributed by atoms with Gasteiger partial charge < -0.3 is 14.5 Å². The average Bonchev–Trinajstić information content (AvgIpc) is 3.18. The van der Waals surface area contributed by atoms with Crippen molar-refractivity contribution in [1.29, 1.82) is 0 Å². The largest absolute Gasteiger partial charge is 0.497 e. The van der Waals surface area contributed by atoms with Gasteiger partial charge in [0.15, 0.2) is 0 Å². The van der Waals surface area contributed by atoms with Gasteiger partial charge in [0, 0.05) is 6.07 Å². The van der Waals surface area contributed by atoms with E-state index < -0.39 is 0 Å². The summed E-state index contributed by atoms with van der Waals surface area (Å²) in [7, 11) is 1.67. The van der Waals surface area contributed by atoms with Crippen LogP contribution in [-0.2, 0) is 18.8 Å². The molecule has 1 aromatic heterocycles. The number of imidazole rings is 1. The van der Waals surface area contributed by atoms with Crippen molar-refractivity contribution in [2.45, 2.75) is 18.8 Å². The highest BCUT2D eigenvalue weighted by molar-refractivity contribution is 7.98. The maximum absolute atomic E-state index is 5.85. The fourth-order valence-electron chi connectivity index (χ4n) is 3.09. The lowest BCUT2D eigenvalue weighted by molar-refractivity contribution is 0.306. The van der Waals surface area contributed by atoms with Gasteiger partial charge >= 0.3 is 0 Å². The molecule has 0 bridgehead atoms. The highest BCUT2D eigenvalue weighted by Gasteiger charge is 2.05. The predicted octanol–water partition coefficient (Wildman–Crippen LogP) is 5.63. The molecule has 1 N–H and O–H groups in total. The molecule has 0 amide bonds. The number of aromatic nitrogens is 2. The number of methoxy groups -OCH3 is 1. The maximum atomic E-state index is 5.85. The molecule has 0 aliphatic rings. The molecule has 29 heavy (non-hydrogen) atoms. The summed E-state index contributed by atoms with van der Waals surface area (Å²) >= 11 is 1.88. The summed E-state index contributed by atoms with van der Waals surface area (Å²) < 4.78 is 11.1. The molecule has 0 unspecified atom stereocenters. The van der Waals surface area contributed by atoms with Crippen LogP contribution in [0.5, 0.6) is 11.5 Å². The van der Waals surface area contributed by atoms with E-state index in [9.17, 15) is 0 Å². The summed E-state index contributed by atoms with van der Waals surface area (Å²) in [5.41, 5.74) is 4.49. The van der Waals surface area contributed by atoms with E-state index in [2.05, 4.69) is 46.4 Å². The van der Waals surface area contributed by atoms with Gasteiger partial charge in [-0.25, -0.2) is 4.98 Å². The van der Waals surface area contributed by atoms with Crippen molar-refractivity contribution in [3.8, 4) is 11.5 Å². The smallest absolute Gasteiger partial charge is 0.121 e. The Morgan fingerprint density at radius 3 is 2.48 bits per heavy atom. The second-order valence-corrected chi connectivity index (χ2v) is 7.89. The van der Waals surface area contributed by atoms with E-state index in [1.54, 1.807) is 7.11 Å². The molecule has 3 aromatic carbocycles. The molecule has 0 saturated heterocycles. The third kappa shape index (κ3) is 5.33. The quantitative estimate of drug-likeness (QED) is 0.368. The van der Waals surface area contributed by atoms with Crippen molar-refractivity contribution in [2.75, 3.05) is 12.9 Å². The number of hydrogen-bond acceptors (Lipinski definition) is 4. The summed E-state index contributed by atoms with van der Waals surface area (Å²) in [5.74, 6) is 4.66. The van der Waals surface area contributed by atoms with E-state index >= 15 is 0 Å². The van der Waals surface area contributed by atoms with Crippen LogP contribution in [-0.4, -0.2) is 22.8 Å².